The number of benzene rings is 1. The van der Waals surface area contributed by atoms with Gasteiger partial charge in [0.1, 0.15) is 11.3 Å². The fourth-order valence-electron chi connectivity index (χ4n) is 3.06. The molecule has 96 valence electrons. The summed E-state index contributed by atoms with van der Waals surface area (Å²) in [5.74, 6) is 1.57. The molecule has 1 unspecified atom stereocenters. The highest BCUT2D eigenvalue weighted by atomic mass is 79.9. The summed E-state index contributed by atoms with van der Waals surface area (Å²) < 4.78 is 7.07. The van der Waals surface area contributed by atoms with E-state index in [4.69, 9.17) is 10.2 Å². The molecule has 1 saturated carbocycles. The molecule has 0 aliphatic heterocycles. The van der Waals surface area contributed by atoms with Gasteiger partial charge < -0.3 is 10.2 Å². The van der Waals surface area contributed by atoms with Gasteiger partial charge in [0.05, 0.1) is 6.04 Å². The molecule has 18 heavy (non-hydrogen) atoms. The Labute approximate surface area is 116 Å². The highest BCUT2D eigenvalue weighted by Crippen LogP contribution is 2.38. The van der Waals surface area contributed by atoms with Gasteiger partial charge in [-0.3, -0.25) is 0 Å². The quantitative estimate of drug-likeness (QED) is 0.874. The van der Waals surface area contributed by atoms with Crippen LogP contribution in [-0.4, -0.2) is 0 Å². The van der Waals surface area contributed by atoms with Gasteiger partial charge in [0.15, 0.2) is 0 Å². The van der Waals surface area contributed by atoms with E-state index in [1.54, 1.807) is 0 Å². The van der Waals surface area contributed by atoms with Crippen LogP contribution in [0.3, 0.4) is 0 Å². The number of fused-ring (bicyclic) bond motifs is 1. The van der Waals surface area contributed by atoms with Crippen LogP contribution < -0.4 is 5.73 Å². The van der Waals surface area contributed by atoms with Gasteiger partial charge in [-0.05, 0) is 43.9 Å². The van der Waals surface area contributed by atoms with Gasteiger partial charge in [-0.1, -0.05) is 28.8 Å². The van der Waals surface area contributed by atoms with Crippen molar-refractivity contribution in [1.29, 1.82) is 0 Å². The van der Waals surface area contributed by atoms with Crippen molar-refractivity contribution >= 4 is 26.9 Å². The zero-order valence-electron chi connectivity index (χ0n) is 10.6. The van der Waals surface area contributed by atoms with Gasteiger partial charge in [-0.15, -0.1) is 0 Å². The Morgan fingerprint density at radius 1 is 1.33 bits per heavy atom. The Balaban J connectivity index is 2.03. The first-order chi connectivity index (χ1) is 8.66. The van der Waals surface area contributed by atoms with E-state index in [0.717, 1.165) is 15.8 Å². The van der Waals surface area contributed by atoms with E-state index in [1.807, 2.05) is 12.1 Å². The zero-order chi connectivity index (χ0) is 12.7. The van der Waals surface area contributed by atoms with Crippen LogP contribution in [0, 0.1) is 12.8 Å². The van der Waals surface area contributed by atoms with Gasteiger partial charge in [0.25, 0.3) is 0 Å². The maximum absolute atomic E-state index is 6.40. The summed E-state index contributed by atoms with van der Waals surface area (Å²) in [6.07, 6.45) is 5.09. The molecule has 1 atom stereocenters. The average molecular weight is 308 g/mol. The van der Waals surface area contributed by atoms with Gasteiger partial charge in [-0.2, -0.15) is 0 Å². The molecule has 0 amide bonds. The lowest BCUT2D eigenvalue weighted by atomic mass is 9.94. The second kappa shape index (κ2) is 4.71. The second-order valence-corrected chi connectivity index (χ2v) is 6.22. The SMILES string of the molecule is Cc1c(C(N)C2CCCC2)oc2ccc(Br)cc12. The minimum atomic E-state index is 0.0543. The molecule has 2 nitrogen and oxygen atoms in total. The van der Waals surface area contributed by atoms with Crippen LogP contribution >= 0.6 is 15.9 Å². The van der Waals surface area contributed by atoms with Crippen LogP contribution in [0.15, 0.2) is 27.1 Å². The minimum Gasteiger partial charge on any atom is -0.459 e. The number of hydrogen-bond donors (Lipinski definition) is 1. The number of nitrogens with two attached hydrogens (primary N) is 1. The molecule has 3 heteroatoms. The highest BCUT2D eigenvalue weighted by Gasteiger charge is 2.27. The van der Waals surface area contributed by atoms with Crippen LogP contribution in [0.5, 0.6) is 0 Å². The monoisotopic (exact) mass is 307 g/mol. The molecule has 1 heterocycles. The lowest BCUT2D eigenvalue weighted by Crippen LogP contribution is -2.19. The van der Waals surface area contributed by atoms with E-state index in [9.17, 15) is 0 Å². The van der Waals surface area contributed by atoms with Crippen LogP contribution in [-0.2, 0) is 0 Å². The second-order valence-electron chi connectivity index (χ2n) is 5.30. The molecule has 1 aromatic heterocycles. The van der Waals surface area contributed by atoms with Crippen LogP contribution in [0.2, 0.25) is 0 Å². The molecule has 2 N–H and O–H groups in total. The fraction of sp³-hybridized carbons (Fsp3) is 0.467. The maximum Gasteiger partial charge on any atom is 0.134 e. The van der Waals surface area contributed by atoms with E-state index in [1.165, 1.54) is 36.6 Å². The van der Waals surface area contributed by atoms with Crippen molar-refractivity contribution in [3.63, 3.8) is 0 Å². The van der Waals surface area contributed by atoms with Crippen molar-refractivity contribution in [1.82, 2.24) is 0 Å². The fourth-order valence-corrected chi connectivity index (χ4v) is 3.42. The van der Waals surface area contributed by atoms with Crippen LogP contribution in [0.1, 0.15) is 43.0 Å². The Hall–Kier alpha value is -0.800. The Bertz CT molecular complexity index is 569. The molecule has 1 aliphatic carbocycles. The molecule has 0 bridgehead atoms. The van der Waals surface area contributed by atoms with E-state index in [2.05, 4.69) is 28.9 Å². The van der Waals surface area contributed by atoms with Crippen molar-refractivity contribution in [2.24, 2.45) is 11.7 Å². The summed E-state index contributed by atoms with van der Waals surface area (Å²) in [6.45, 7) is 2.11. The molecule has 0 spiro atoms. The molecule has 2 aromatic rings. The van der Waals surface area contributed by atoms with Crippen molar-refractivity contribution in [2.75, 3.05) is 0 Å². The van der Waals surface area contributed by atoms with Gasteiger partial charge >= 0.3 is 0 Å². The molecule has 1 aliphatic rings. The Kier molecular flexibility index (Phi) is 3.20. The standard InChI is InChI=1S/C15H18BrNO/c1-9-12-8-11(16)6-7-13(12)18-15(9)14(17)10-4-2-3-5-10/h6-8,10,14H,2-5,17H2,1H3. The first kappa shape index (κ1) is 12.2. The minimum absolute atomic E-state index is 0.0543. The average Bonchev–Trinajstić information content (AvgIpc) is 2.98. The van der Waals surface area contributed by atoms with Crippen molar-refractivity contribution < 1.29 is 4.42 Å². The first-order valence-corrected chi connectivity index (χ1v) is 7.40. The van der Waals surface area contributed by atoms with Crippen molar-refractivity contribution in [2.45, 2.75) is 38.6 Å². The number of rotatable bonds is 2. The third kappa shape index (κ3) is 1.99. The van der Waals surface area contributed by atoms with Gasteiger partial charge in [0, 0.05) is 15.4 Å². The number of furan rings is 1. The van der Waals surface area contributed by atoms with Gasteiger partial charge in [-0.25, -0.2) is 0 Å². The van der Waals surface area contributed by atoms with Crippen LogP contribution in [0.4, 0.5) is 0 Å². The summed E-state index contributed by atoms with van der Waals surface area (Å²) in [7, 11) is 0. The molecule has 1 aromatic carbocycles. The largest absolute Gasteiger partial charge is 0.459 e. The smallest absolute Gasteiger partial charge is 0.134 e. The number of hydrogen-bond acceptors (Lipinski definition) is 2. The lowest BCUT2D eigenvalue weighted by molar-refractivity contribution is 0.378. The summed E-state index contributed by atoms with van der Waals surface area (Å²) >= 11 is 3.51. The molecular formula is C15H18BrNO. The molecule has 1 fully saturated rings. The first-order valence-electron chi connectivity index (χ1n) is 6.61. The van der Waals surface area contributed by atoms with Gasteiger partial charge in [0.2, 0.25) is 0 Å². The van der Waals surface area contributed by atoms with E-state index < -0.39 is 0 Å². The Morgan fingerprint density at radius 3 is 2.78 bits per heavy atom. The van der Waals surface area contributed by atoms with E-state index >= 15 is 0 Å². The summed E-state index contributed by atoms with van der Waals surface area (Å²) in [4.78, 5) is 0. The molecule has 0 radical (unpaired) electrons. The van der Waals surface area contributed by atoms with E-state index in [0.29, 0.717) is 5.92 Å². The van der Waals surface area contributed by atoms with E-state index in [-0.39, 0.29) is 6.04 Å². The number of aryl methyl sites for hydroxylation is 1. The predicted octanol–water partition coefficient (Wildman–Crippen LogP) is 4.69. The maximum atomic E-state index is 6.40. The third-order valence-corrected chi connectivity index (χ3v) is 4.64. The Morgan fingerprint density at radius 2 is 2.06 bits per heavy atom. The number of halogens is 1. The third-order valence-electron chi connectivity index (χ3n) is 4.15. The highest BCUT2D eigenvalue weighted by molar-refractivity contribution is 9.10. The normalized spacial score (nSPS) is 18.6. The molecular weight excluding hydrogens is 290 g/mol. The predicted molar refractivity (Wildman–Crippen MR) is 77.5 cm³/mol. The summed E-state index contributed by atoms with van der Waals surface area (Å²) in [6, 6.07) is 6.19. The zero-order valence-corrected chi connectivity index (χ0v) is 12.2. The van der Waals surface area contributed by atoms with Crippen molar-refractivity contribution in [3.05, 3.63) is 34.0 Å². The lowest BCUT2D eigenvalue weighted by Gasteiger charge is -2.17. The van der Waals surface area contributed by atoms with Crippen LogP contribution in [0.25, 0.3) is 11.0 Å². The molecule has 0 saturated heterocycles. The molecule has 3 rings (SSSR count). The van der Waals surface area contributed by atoms with Crippen molar-refractivity contribution in [3.8, 4) is 0 Å². The summed E-state index contributed by atoms with van der Waals surface area (Å²) in [5, 5.41) is 1.17. The summed E-state index contributed by atoms with van der Waals surface area (Å²) in [5.41, 5.74) is 8.54. The topological polar surface area (TPSA) is 39.2 Å².